The van der Waals surface area contributed by atoms with E-state index >= 15 is 0 Å². The topological polar surface area (TPSA) is 62.0 Å². The molecule has 2 aliphatic heterocycles. The van der Waals surface area contributed by atoms with E-state index in [2.05, 4.69) is 57.8 Å². The first-order valence-corrected chi connectivity index (χ1v) is 12.1. The molecule has 0 bridgehead atoms. The molecule has 1 aromatic heterocycles. The second-order valence-corrected chi connectivity index (χ2v) is 9.14. The minimum atomic E-state index is 0. The average molecular weight is 567 g/mol. The zero-order valence-corrected chi connectivity index (χ0v) is 22.3. The van der Waals surface area contributed by atoms with Gasteiger partial charge >= 0.3 is 0 Å². The van der Waals surface area contributed by atoms with Gasteiger partial charge in [-0.1, -0.05) is 30.7 Å². The summed E-state index contributed by atoms with van der Waals surface area (Å²) < 4.78 is 11.5. The van der Waals surface area contributed by atoms with Gasteiger partial charge in [0.1, 0.15) is 5.76 Å². The Balaban J connectivity index is 0.00000306. The highest BCUT2D eigenvalue weighted by Crippen LogP contribution is 2.36. The number of nitrogens with one attached hydrogen (secondary N) is 2. The lowest BCUT2D eigenvalue weighted by atomic mass is 9.72. The third kappa shape index (κ3) is 6.51. The predicted octanol–water partition coefficient (Wildman–Crippen LogP) is 4.65. The predicted molar refractivity (Wildman–Crippen MR) is 145 cm³/mol. The lowest BCUT2D eigenvalue weighted by Crippen LogP contribution is -2.50. The van der Waals surface area contributed by atoms with Crippen LogP contribution in [-0.4, -0.2) is 57.3 Å². The number of ether oxygens (including phenoxy) is 1. The number of hydrogen-bond donors (Lipinski definition) is 2. The van der Waals surface area contributed by atoms with Gasteiger partial charge in [0, 0.05) is 38.8 Å². The van der Waals surface area contributed by atoms with Crippen molar-refractivity contribution >= 4 is 29.9 Å². The Morgan fingerprint density at radius 3 is 2.48 bits per heavy atom. The molecule has 2 N–H and O–H groups in total. The Morgan fingerprint density at radius 2 is 1.82 bits per heavy atom. The van der Waals surface area contributed by atoms with Gasteiger partial charge in [-0.2, -0.15) is 0 Å². The molecule has 1 aromatic carbocycles. The van der Waals surface area contributed by atoms with Crippen molar-refractivity contribution < 1.29 is 9.15 Å². The van der Waals surface area contributed by atoms with E-state index < -0.39 is 0 Å². The van der Waals surface area contributed by atoms with Gasteiger partial charge in [0.25, 0.3) is 0 Å². The molecule has 3 heterocycles. The summed E-state index contributed by atoms with van der Waals surface area (Å²) in [6.45, 7) is 7.68. The molecule has 0 spiro atoms. The molecule has 2 aromatic rings. The Morgan fingerprint density at radius 1 is 1.06 bits per heavy atom. The average Bonchev–Trinajstić information content (AvgIpc) is 3.37. The quantitative estimate of drug-likeness (QED) is 0.291. The zero-order chi connectivity index (χ0) is 22.2. The molecule has 1 unspecified atom stereocenters. The molecule has 2 aliphatic rings. The Labute approximate surface area is 215 Å². The number of hydrogen-bond acceptors (Lipinski definition) is 4. The molecule has 1 atom stereocenters. The zero-order valence-electron chi connectivity index (χ0n) is 20.0. The highest BCUT2D eigenvalue weighted by Gasteiger charge is 2.35. The molecular weight excluding hydrogens is 527 g/mol. The van der Waals surface area contributed by atoms with Crippen molar-refractivity contribution in [1.29, 1.82) is 0 Å². The van der Waals surface area contributed by atoms with Gasteiger partial charge in [-0.15, -0.1) is 24.0 Å². The maximum absolute atomic E-state index is 5.80. The summed E-state index contributed by atoms with van der Waals surface area (Å²) in [6.07, 6.45) is 7.64. The number of aryl methyl sites for hydroxylation is 1. The van der Waals surface area contributed by atoms with E-state index in [1.807, 2.05) is 13.1 Å². The van der Waals surface area contributed by atoms with Crippen LogP contribution < -0.4 is 10.6 Å². The second-order valence-electron chi connectivity index (χ2n) is 9.14. The summed E-state index contributed by atoms with van der Waals surface area (Å²) in [4.78, 5) is 7.07. The van der Waals surface area contributed by atoms with Gasteiger partial charge < -0.3 is 19.8 Å². The summed E-state index contributed by atoms with van der Waals surface area (Å²) in [5, 5.41) is 7.23. The monoisotopic (exact) mass is 566 g/mol. The van der Waals surface area contributed by atoms with Crippen LogP contribution in [-0.2, 0) is 10.2 Å². The highest BCUT2D eigenvalue weighted by atomic mass is 127. The van der Waals surface area contributed by atoms with Crippen molar-refractivity contribution in [2.45, 2.75) is 50.5 Å². The molecule has 0 saturated carbocycles. The highest BCUT2D eigenvalue weighted by molar-refractivity contribution is 14.0. The van der Waals surface area contributed by atoms with E-state index in [4.69, 9.17) is 9.15 Å². The molecule has 7 heteroatoms. The van der Waals surface area contributed by atoms with Gasteiger partial charge in [0.2, 0.25) is 0 Å². The molecule has 182 valence electrons. The maximum Gasteiger partial charge on any atom is 0.191 e. The Bertz CT molecular complexity index is 859. The summed E-state index contributed by atoms with van der Waals surface area (Å²) in [6, 6.07) is 13.1. The van der Waals surface area contributed by atoms with E-state index in [0.717, 1.165) is 64.0 Å². The van der Waals surface area contributed by atoms with Crippen molar-refractivity contribution in [2.75, 3.05) is 46.4 Å². The molecule has 2 fully saturated rings. The van der Waals surface area contributed by atoms with Crippen molar-refractivity contribution in [3.63, 3.8) is 0 Å². The maximum atomic E-state index is 5.80. The van der Waals surface area contributed by atoms with E-state index in [9.17, 15) is 0 Å². The first-order chi connectivity index (χ1) is 15.7. The standard InChI is InChI=1S/C26H38N4O2.HI/c1-21-9-4-5-10-22(21)26(12-17-31-18-13-26)20-29-25(27-2)28-19-23(24-11-8-16-32-24)30-14-6-3-7-15-30;/h4-5,8-11,16,23H,3,6-7,12-15,17-20H2,1-2H3,(H2,27,28,29);1H. The van der Waals surface area contributed by atoms with Gasteiger partial charge in [0.15, 0.2) is 5.96 Å². The van der Waals surface area contributed by atoms with E-state index in [0.29, 0.717) is 0 Å². The number of guanidine groups is 1. The van der Waals surface area contributed by atoms with Crippen LogP contribution >= 0.6 is 24.0 Å². The molecule has 4 rings (SSSR count). The lowest BCUT2D eigenvalue weighted by molar-refractivity contribution is 0.0511. The minimum absolute atomic E-state index is 0. The third-order valence-corrected chi connectivity index (χ3v) is 7.15. The van der Waals surface area contributed by atoms with Crippen molar-refractivity contribution in [1.82, 2.24) is 15.5 Å². The van der Waals surface area contributed by atoms with Crippen LogP contribution in [0.3, 0.4) is 0 Å². The fraction of sp³-hybridized carbons (Fsp3) is 0.577. The number of piperidine rings is 1. The Hall–Kier alpha value is -1.58. The normalized spacial score (nSPS) is 20.0. The smallest absolute Gasteiger partial charge is 0.191 e. The van der Waals surface area contributed by atoms with Crippen LogP contribution in [0.15, 0.2) is 52.1 Å². The molecule has 0 radical (unpaired) electrons. The molecule has 0 amide bonds. The van der Waals surface area contributed by atoms with Crippen LogP contribution in [0.1, 0.15) is 55.0 Å². The van der Waals surface area contributed by atoms with Gasteiger partial charge in [-0.25, -0.2) is 0 Å². The molecule has 6 nitrogen and oxygen atoms in total. The van der Waals surface area contributed by atoms with Crippen LogP contribution in [0.4, 0.5) is 0 Å². The number of nitrogens with zero attached hydrogens (tertiary/aromatic N) is 2. The summed E-state index contributed by atoms with van der Waals surface area (Å²) in [7, 11) is 1.85. The van der Waals surface area contributed by atoms with Crippen molar-refractivity contribution in [2.24, 2.45) is 4.99 Å². The minimum Gasteiger partial charge on any atom is -0.468 e. The van der Waals surface area contributed by atoms with Crippen LogP contribution in [0.5, 0.6) is 0 Å². The number of likely N-dealkylation sites (tertiary alicyclic amines) is 1. The van der Waals surface area contributed by atoms with Crippen molar-refractivity contribution in [3.8, 4) is 0 Å². The fourth-order valence-corrected chi connectivity index (χ4v) is 5.26. The van der Waals surface area contributed by atoms with E-state index in [1.54, 1.807) is 6.26 Å². The lowest BCUT2D eigenvalue weighted by Gasteiger charge is -2.39. The summed E-state index contributed by atoms with van der Waals surface area (Å²) >= 11 is 0. The van der Waals surface area contributed by atoms with Gasteiger partial charge in [-0.3, -0.25) is 9.89 Å². The largest absolute Gasteiger partial charge is 0.468 e. The molecular formula is C26H39IN4O2. The number of furan rings is 1. The number of rotatable bonds is 7. The fourth-order valence-electron chi connectivity index (χ4n) is 5.26. The third-order valence-electron chi connectivity index (χ3n) is 7.15. The second kappa shape index (κ2) is 12.8. The van der Waals surface area contributed by atoms with Gasteiger partial charge in [0.05, 0.1) is 12.3 Å². The summed E-state index contributed by atoms with van der Waals surface area (Å²) in [5.41, 5.74) is 2.84. The molecule has 0 aliphatic carbocycles. The van der Waals surface area contributed by atoms with Crippen LogP contribution in [0, 0.1) is 6.92 Å². The Kier molecular flexibility index (Phi) is 10.1. The first-order valence-electron chi connectivity index (χ1n) is 12.1. The SMILES string of the molecule is CN=C(NCC(c1ccco1)N1CCCCC1)NCC1(c2ccccc2C)CCOCC1.I. The van der Waals surface area contributed by atoms with Crippen LogP contribution in [0.2, 0.25) is 0 Å². The van der Waals surface area contributed by atoms with Crippen LogP contribution in [0.25, 0.3) is 0 Å². The van der Waals surface area contributed by atoms with E-state index in [1.165, 1.54) is 30.4 Å². The number of halogens is 1. The molecule has 2 saturated heterocycles. The number of aliphatic imine (C=N–C) groups is 1. The van der Waals surface area contributed by atoms with Crippen molar-refractivity contribution in [3.05, 3.63) is 59.5 Å². The first kappa shape index (κ1) is 26.0. The van der Waals surface area contributed by atoms with Gasteiger partial charge in [-0.05, 0) is 69.0 Å². The molecule has 33 heavy (non-hydrogen) atoms. The summed E-state index contributed by atoms with van der Waals surface area (Å²) in [5.74, 6) is 1.87. The van der Waals surface area contributed by atoms with E-state index in [-0.39, 0.29) is 35.4 Å². The number of benzene rings is 1.